The topological polar surface area (TPSA) is 17.8 Å². The van der Waals surface area contributed by atoms with Crippen molar-refractivity contribution in [2.24, 2.45) is 0 Å². The number of alkyl halides is 3. The lowest BCUT2D eigenvalue weighted by Gasteiger charge is -2.03. The predicted octanol–water partition coefficient (Wildman–Crippen LogP) is 4.56. The van der Waals surface area contributed by atoms with Crippen LogP contribution in [0.3, 0.4) is 0 Å². The van der Waals surface area contributed by atoms with Crippen molar-refractivity contribution in [2.75, 3.05) is 5.75 Å². The molecule has 0 saturated heterocycles. The smallest absolute Gasteiger partial charge is 0.272 e. The summed E-state index contributed by atoms with van der Waals surface area (Å²) in [5.74, 6) is 0.945. The second-order valence-corrected chi connectivity index (χ2v) is 5.14. The minimum absolute atomic E-state index is 0.562. The zero-order valence-corrected chi connectivity index (χ0v) is 11.9. The summed E-state index contributed by atoms with van der Waals surface area (Å²) in [6.45, 7) is 0.562. The number of nitrogens with zero attached hydrogens (tertiary/aromatic N) is 2. The maximum atomic E-state index is 12.3. The summed E-state index contributed by atoms with van der Waals surface area (Å²) in [5.41, 5.74) is -0.667. The molecule has 0 spiro atoms. The van der Waals surface area contributed by atoms with Crippen LogP contribution in [0.4, 0.5) is 13.2 Å². The van der Waals surface area contributed by atoms with Gasteiger partial charge in [0, 0.05) is 12.7 Å². The van der Waals surface area contributed by atoms with E-state index >= 15 is 0 Å². The highest BCUT2D eigenvalue weighted by molar-refractivity contribution is 7.80. The van der Waals surface area contributed by atoms with Gasteiger partial charge in [-0.2, -0.15) is 30.9 Å². The lowest BCUT2D eigenvalue weighted by molar-refractivity contribution is -0.137. The van der Waals surface area contributed by atoms with Crippen molar-refractivity contribution in [2.45, 2.75) is 57.7 Å². The molecule has 0 bridgehead atoms. The summed E-state index contributed by atoms with van der Waals surface area (Å²) < 4.78 is 38.4. The number of aryl methyl sites for hydroxylation is 1. The number of thiol groups is 1. The lowest BCUT2D eigenvalue weighted by Crippen LogP contribution is -2.03. The average Bonchev–Trinajstić information content (AvgIpc) is 2.81. The minimum Gasteiger partial charge on any atom is -0.272 e. The predicted molar refractivity (Wildman–Crippen MR) is 73.4 cm³/mol. The molecule has 0 aromatic carbocycles. The Morgan fingerprint density at radius 1 is 1.00 bits per heavy atom. The Labute approximate surface area is 117 Å². The van der Waals surface area contributed by atoms with Crippen LogP contribution in [0.15, 0.2) is 12.4 Å². The van der Waals surface area contributed by atoms with Crippen LogP contribution in [0.25, 0.3) is 0 Å². The molecule has 6 heteroatoms. The lowest BCUT2D eigenvalue weighted by atomic mass is 10.1. The van der Waals surface area contributed by atoms with Crippen LogP contribution in [0.5, 0.6) is 0 Å². The van der Waals surface area contributed by atoms with Crippen LogP contribution in [0, 0.1) is 0 Å². The van der Waals surface area contributed by atoms with Gasteiger partial charge in [-0.15, -0.1) is 0 Å². The van der Waals surface area contributed by atoms with Gasteiger partial charge < -0.3 is 0 Å². The fraction of sp³-hybridized carbons (Fsp3) is 0.769. The van der Waals surface area contributed by atoms with Gasteiger partial charge >= 0.3 is 6.18 Å². The van der Waals surface area contributed by atoms with E-state index in [1.165, 1.54) is 23.9 Å². The van der Waals surface area contributed by atoms with E-state index < -0.39 is 11.7 Å². The Morgan fingerprint density at radius 2 is 1.58 bits per heavy atom. The van der Waals surface area contributed by atoms with Gasteiger partial charge in [0.25, 0.3) is 0 Å². The molecule has 1 heterocycles. The molecule has 0 N–H and O–H groups in total. The first kappa shape index (κ1) is 16.4. The maximum Gasteiger partial charge on any atom is 0.419 e. The molecule has 2 nitrogen and oxygen atoms in total. The molecule has 1 aromatic heterocycles. The summed E-state index contributed by atoms with van der Waals surface area (Å²) in [4.78, 5) is 0. The van der Waals surface area contributed by atoms with E-state index in [1.54, 1.807) is 0 Å². The molecule has 0 radical (unpaired) electrons. The van der Waals surface area contributed by atoms with Gasteiger partial charge in [0.1, 0.15) is 0 Å². The zero-order valence-electron chi connectivity index (χ0n) is 11.0. The Morgan fingerprint density at radius 3 is 2.11 bits per heavy atom. The number of aromatic nitrogens is 2. The Kier molecular flexibility index (Phi) is 7.34. The van der Waals surface area contributed by atoms with Gasteiger partial charge in [-0.05, 0) is 18.6 Å². The minimum atomic E-state index is -4.29. The molecule has 0 aliphatic carbocycles. The van der Waals surface area contributed by atoms with Crippen LogP contribution in [0.1, 0.15) is 50.5 Å². The number of hydrogen-bond donors (Lipinski definition) is 1. The molecular formula is C13H21F3N2S. The van der Waals surface area contributed by atoms with E-state index in [-0.39, 0.29) is 0 Å². The normalized spacial score (nSPS) is 12.0. The van der Waals surface area contributed by atoms with Crippen LogP contribution in [-0.2, 0) is 12.7 Å². The van der Waals surface area contributed by atoms with Gasteiger partial charge in [0.2, 0.25) is 0 Å². The van der Waals surface area contributed by atoms with Crippen molar-refractivity contribution in [3.8, 4) is 0 Å². The Hall–Kier alpha value is -0.650. The molecule has 0 unspecified atom stereocenters. The zero-order chi connectivity index (χ0) is 14.1. The molecule has 0 aliphatic heterocycles. The summed E-state index contributed by atoms with van der Waals surface area (Å²) in [6, 6.07) is 0. The SMILES string of the molecule is FC(F)(F)c1cnn(CCCCCCCCCS)c1. The largest absolute Gasteiger partial charge is 0.419 e. The van der Waals surface area contributed by atoms with Gasteiger partial charge in [0.05, 0.1) is 11.8 Å². The molecule has 110 valence electrons. The molecule has 0 amide bonds. The summed E-state index contributed by atoms with van der Waals surface area (Å²) in [7, 11) is 0. The van der Waals surface area contributed by atoms with Crippen molar-refractivity contribution in [3.63, 3.8) is 0 Å². The van der Waals surface area contributed by atoms with E-state index in [2.05, 4.69) is 17.7 Å². The molecule has 0 fully saturated rings. The molecule has 19 heavy (non-hydrogen) atoms. The molecule has 1 aromatic rings. The fourth-order valence-electron chi connectivity index (χ4n) is 1.90. The van der Waals surface area contributed by atoms with Crippen molar-refractivity contribution in [3.05, 3.63) is 18.0 Å². The van der Waals surface area contributed by atoms with Crippen molar-refractivity contribution in [1.29, 1.82) is 0 Å². The molecule has 0 saturated carbocycles. The van der Waals surface area contributed by atoms with Crippen LogP contribution in [0.2, 0.25) is 0 Å². The first-order chi connectivity index (χ1) is 9.04. The fourth-order valence-corrected chi connectivity index (χ4v) is 2.13. The first-order valence-corrected chi connectivity index (χ1v) is 7.38. The number of halogens is 3. The highest BCUT2D eigenvalue weighted by Gasteiger charge is 2.31. The van der Waals surface area contributed by atoms with E-state index in [0.29, 0.717) is 6.54 Å². The number of hydrogen-bond acceptors (Lipinski definition) is 2. The van der Waals surface area contributed by atoms with Crippen molar-refractivity contribution >= 4 is 12.6 Å². The van der Waals surface area contributed by atoms with Crippen molar-refractivity contribution in [1.82, 2.24) is 9.78 Å². The standard InChI is InChI=1S/C13H21F3N2S/c14-13(15,16)12-10-17-18(11-12)8-6-4-2-1-3-5-7-9-19/h10-11,19H,1-9H2. The van der Waals surface area contributed by atoms with Gasteiger partial charge in [-0.1, -0.05) is 32.1 Å². The second kappa shape index (κ2) is 8.51. The van der Waals surface area contributed by atoms with E-state index in [1.807, 2.05) is 0 Å². The molecule has 0 atom stereocenters. The number of unbranched alkanes of at least 4 members (excludes halogenated alkanes) is 6. The summed E-state index contributed by atoms with van der Waals surface area (Å²) in [5, 5.41) is 3.73. The Bertz CT molecular complexity index is 350. The van der Waals surface area contributed by atoms with Crippen molar-refractivity contribution < 1.29 is 13.2 Å². The van der Waals surface area contributed by atoms with Crippen LogP contribution < -0.4 is 0 Å². The third-order valence-corrected chi connectivity index (χ3v) is 3.32. The summed E-state index contributed by atoms with van der Waals surface area (Å²) >= 11 is 4.15. The maximum absolute atomic E-state index is 12.3. The van der Waals surface area contributed by atoms with E-state index in [0.717, 1.165) is 43.8 Å². The van der Waals surface area contributed by atoms with Gasteiger partial charge in [-0.25, -0.2) is 0 Å². The molecule has 1 rings (SSSR count). The molecular weight excluding hydrogens is 273 g/mol. The van der Waals surface area contributed by atoms with Crippen LogP contribution in [-0.4, -0.2) is 15.5 Å². The highest BCUT2D eigenvalue weighted by atomic mass is 32.1. The van der Waals surface area contributed by atoms with E-state index in [9.17, 15) is 13.2 Å². The monoisotopic (exact) mass is 294 g/mol. The Balaban J connectivity index is 2.08. The quantitative estimate of drug-likeness (QED) is 0.522. The van der Waals surface area contributed by atoms with E-state index in [4.69, 9.17) is 0 Å². The second-order valence-electron chi connectivity index (χ2n) is 4.69. The van der Waals surface area contributed by atoms with Gasteiger partial charge in [0.15, 0.2) is 0 Å². The molecule has 0 aliphatic rings. The average molecular weight is 294 g/mol. The first-order valence-electron chi connectivity index (χ1n) is 6.74. The van der Waals surface area contributed by atoms with Crippen LogP contribution >= 0.6 is 12.6 Å². The third kappa shape index (κ3) is 6.89. The third-order valence-electron chi connectivity index (χ3n) is 3.01. The highest BCUT2D eigenvalue weighted by Crippen LogP contribution is 2.28. The summed E-state index contributed by atoms with van der Waals surface area (Å²) in [6.07, 6.45) is 5.54. The number of rotatable bonds is 9. The van der Waals surface area contributed by atoms with Gasteiger partial charge in [-0.3, -0.25) is 4.68 Å².